The van der Waals surface area contributed by atoms with Crippen LogP contribution in [0.4, 0.5) is 16.3 Å². The Hall–Kier alpha value is -5.43. The summed E-state index contributed by atoms with van der Waals surface area (Å²) in [6.07, 6.45) is 2.13. The SMILES string of the molecule is Cc1oc([C@@H](Cc2cn(C)c3ccccc23)NC(=O)[C@@H](C(=O)ON(C)c2ccccc2)C(C)C)nc1NC(=O)S(=O)(=O)c1ccc(C(C)C)cc1. The molecule has 0 saturated carbocycles. The van der Waals surface area contributed by atoms with Crippen LogP contribution in [0.25, 0.3) is 10.9 Å². The number of hydrogen-bond donors (Lipinski definition) is 2. The topological polar surface area (TPSA) is 153 Å². The first-order valence-electron chi connectivity index (χ1n) is 16.6. The van der Waals surface area contributed by atoms with Gasteiger partial charge in [0, 0.05) is 37.6 Å². The number of aromatic nitrogens is 2. The quantitative estimate of drug-likeness (QED) is 0.104. The summed E-state index contributed by atoms with van der Waals surface area (Å²) in [4.78, 5) is 50.4. The van der Waals surface area contributed by atoms with Crippen LogP contribution < -0.4 is 15.7 Å². The third-order valence-electron chi connectivity index (χ3n) is 8.70. The second-order valence-corrected chi connectivity index (χ2v) is 15.0. The van der Waals surface area contributed by atoms with Crippen molar-refractivity contribution in [2.75, 3.05) is 17.4 Å². The Morgan fingerprint density at radius 2 is 1.59 bits per heavy atom. The molecule has 0 spiro atoms. The third-order valence-corrected chi connectivity index (χ3v) is 10.2. The summed E-state index contributed by atoms with van der Waals surface area (Å²) in [7, 11) is -0.925. The van der Waals surface area contributed by atoms with Crippen molar-refractivity contribution < 1.29 is 32.1 Å². The van der Waals surface area contributed by atoms with Crippen LogP contribution in [0.15, 0.2) is 94.4 Å². The van der Waals surface area contributed by atoms with Crippen LogP contribution in [0, 0.1) is 18.8 Å². The van der Waals surface area contributed by atoms with E-state index in [9.17, 15) is 22.8 Å². The van der Waals surface area contributed by atoms with Gasteiger partial charge in [0.2, 0.25) is 11.8 Å². The molecule has 0 aliphatic heterocycles. The number of amides is 2. The number of oxazole rings is 1. The smallest absolute Gasteiger partial charge is 0.346 e. The van der Waals surface area contributed by atoms with Crippen molar-refractivity contribution in [1.82, 2.24) is 14.9 Å². The maximum atomic E-state index is 14.0. The van der Waals surface area contributed by atoms with Gasteiger partial charge >= 0.3 is 11.2 Å². The first-order valence-corrected chi connectivity index (χ1v) is 18.1. The van der Waals surface area contributed by atoms with E-state index in [0.29, 0.717) is 5.69 Å². The zero-order chi connectivity index (χ0) is 37.0. The predicted octanol–water partition coefficient (Wildman–Crippen LogP) is 6.87. The standard InChI is InChI=1S/C38H43N5O7S/c1-23(2)26-17-19-29(20-18-26)51(47,48)38(46)41-34-25(5)49-36(40-34)31(21-27-22-42(6)32-16-12-11-15-30(27)32)39-35(44)33(24(3)4)37(45)50-43(7)28-13-9-8-10-14-28/h8-20,22-24,31,33H,21H2,1-7H3,(H,39,44)(H,41,46)/t31-,33+/m1/s1. The Morgan fingerprint density at radius 3 is 2.24 bits per heavy atom. The van der Waals surface area contributed by atoms with Gasteiger partial charge in [-0.2, -0.15) is 4.98 Å². The van der Waals surface area contributed by atoms with Crippen LogP contribution >= 0.6 is 0 Å². The fraction of sp³-hybridized carbons (Fsp3) is 0.316. The van der Waals surface area contributed by atoms with Gasteiger partial charge in [0.05, 0.1) is 10.6 Å². The molecular weight excluding hydrogens is 671 g/mol. The Morgan fingerprint density at radius 1 is 0.941 bits per heavy atom. The molecule has 51 heavy (non-hydrogen) atoms. The number of rotatable bonds is 12. The summed E-state index contributed by atoms with van der Waals surface area (Å²) >= 11 is 0. The molecule has 2 aromatic heterocycles. The molecule has 0 fully saturated rings. The molecule has 5 rings (SSSR count). The predicted molar refractivity (Wildman–Crippen MR) is 195 cm³/mol. The van der Waals surface area contributed by atoms with Gasteiger partial charge < -0.3 is 19.1 Å². The lowest BCUT2D eigenvalue weighted by Crippen LogP contribution is -2.43. The molecule has 13 heteroatoms. The minimum atomic E-state index is -4.42. The number of fused-ring (bicyclic) bond motifs is 1. The highest BCUT2D eigenvalue weighted by atomic mass is 32.2. The molecule has 268 valence electrons. The van der Waals surface area contributed by atoms with Gasteiger partial charge in [-0.3, -0.25) is 14.9 Å². The Kier molecular flexibility index (Phi) is 11.0. The van der Waals surface area contributed by atoms with Crippen molar-refractivity contribution in [3.63, 3.8) is 0 Å². The van der Waals surface area contributed by atoms with Crippen LogP contribution in [0.2, 0.25) is 0 Å². The van der Waals surface area contributed by atoms with Crippen molar-refractivity contribution in [2.45, 2.75) is 57.9 Å². The molecule has 2 heterocycles. The molecule has 5 aromatic rings. The second kappa shape index (κ2) is 15.2. The largest absolute Gasteiger partial charge is 0.441 e. The number of sulfone groups is 1. The van der Waals surface area contributed by atoms with Crippen LogP contribution in [0.5, 0.6) is 0 Å². The zero-order valence-electron chi connectivity index (χ0n) is 29.7. The Labute approximate surface area is 297 Å². The highest BCUT2D eigenvalue weighted by Gasteiger charge is 2.36. The summed E-state index contributed by atoms with van der Waals surface area (Å²) in [5.41, 5.74) is 3.39. The van der Waals surface area contributed by atoms with E-state index < -0.39 is 44.8 Å². The molecule has 2 N–H and O–H groups in total. The van der Waals surface area contributed by atoms with E-state index in [1.165, 1.54) is 24.1 Å². The number of hydrogen-bond acceptors (Lipinski definition) is 9. The van der Waals surface area contributed by atoms with E-state index in [0.717, 1.165) is 22.0 Å². The summed E-state index contributed by atoms with van der Waals surface area (Å²) < 4.78 is 34.3. The van der Waals surface area contributed by atoms with Crippen molar-refractivity contribution >= 4 is 49.4 Å². The molecule has 0 aliphatic rings. The van der Waals surface area contributed by atoms with E-state index in [-0.39, 0.29) is 34.7 Å². The van der Waals surface area contributed by atoms with E-state index in [4.69, 9.17) is 9.25 Å². The lowest BCUT2D eigenvalue weighted by Gasteiger charge is -2.25. The summed E-state index contributed by atoms with van der Waals surface area (Å²) in [6, 6.07) is 22.0. The first kappa shape index (κ1) is 36.8. The molecule has 0 bridgehead atoms. The lowest BCUT2D eigenvalue weighted by molar-refractivity contribution is -0.155. The monoisotopic (exact) mass is 713 g/mol. The molecule has 12 nitrogen and oxygen atoms in total. The van der Waals surface area contributed by atoms with Crippen molar-refractivity contribution in [3.05, 3.63) is 108 Å². The highest BCUT2D eigenvalue weighted by Crippen LogP contribution is 2.30. The maximum Gasteiger partial charge on any atom is 0.346 e. The average molecular weight is 714 g/mol. The molecule has 0 radical (unpaired) electrons. The summed E-state index contributed by atoms with van der Waals surface area (Å²) in [5, 5.41) is 6.29. The third kappa shape index (κ3) is 8.15. The minimum Gasteiger partial charge on any atom is -0.441 e. The summed E-state index contributed by atoms with van der Waals surface area (Å²) in [6.45, 7) is 8.98. The van der Waals surface area contributed by atoms with Crippen LogP contribution in [-0.4, -0.2) is 42.1 Å². The number of nitrogens with zero attached hydrogens (tertiary/aromatic N) is 3. The molecule has 0 unspecified atom stereocenters. The molecule has 3 aromatic carbocycles. The van der Waals surface area contributed by atoms with Crippen molar-refractivity contribution in [1.29, 1.82) is 0 Å². The number of aryl methyl sites for hydroxylation is 2. The molecule has 0 aliphatic carbocycles. The van der Waals surface area contributed by atoms with Crippen LogP contribution in [-0.2, 0) is 37.7 Å². The van der Waals surface area contributed by atoms with E-state index in [2.05, 4.69) is 15.6 Å². The normalized spacial score (nSPS) is 12.9. The van der Waals surface area contributed by atoms with E-state index in [1.807, 2.05) is 62.0 Å². The van der Waals surface area contributed by atoms with Gasteiger partial charge in [-0.15, -0.1) is 0 Å². The van der Waals surface area contributed by atoms with E-state index >= 15 is 0 Å². The van der Waals surface area contributed by atoms with Gasteiger partial charge in [0.15, 0.2) is 5.82 Å². The number of anilines is 2. The number of benzene rings is 3. The van der Waals surface area contributed by atoms with E-state index in [1.54, 1.807) is 57.3 Å². The molecular formula is C38H43N5O7S. The number of carbonyl (C=O) groups excluding carboxylic acids is 3. The van der Waals surface area contributed by atoms with Gasteiger partial charge in [-0.25, -0.2) is 18.3 Å². The van der Waals surface area contributed by atoms with Gasteiger partial charge in [-0.1, -0.05) is 76.2 Å². The maximum absolute atomic E-state index is 14.0. The molecule has 2 amide bonds. The number of nitrogens with one attached hydrogen (secondary N) is 2. The number of para-hydroxylation sites is 2. The molecule has 0 saturated heterocycles. The number of hydroxylamine groups is 1. The Balaban J connectivity index is 1.43. The van der Waals surface area contributed by atoms with Crippen LogP contribution in [0.1, 0.15) is 62.4 Å². The van der Waals surface area contributed by atoms with Gasteiger partial charge in [0.1, 0.15) is 17.7 Å². The lowest BCUT2D eigenvalue weighted by atomic mass is 9.94. The highest BCUT2D eigenvalue weighted by molar-refractivity contribution is 8.06. The van der Waals surface area contributed by atoms with Gasteiger partial charge in [0.25, 0.3) is 9.84 Å². The van der Waals surface area contributed by atoms with Crippen molar-refractivity contribution in [2.24, 2.45) is 18.9 Å². The Bertz CT molecular complexity index is 2140. The summed E-state index contributed by atoms with van der Waals surface area (Å²) in [5.74, 6) is -2.79. The first-order chi connectivity index (χ1) is 24.2. The minimum absolute atomic E-state index is 0.0139. The zero-order valence-corrected chi connectivity index (χ0v) is 30.5. The second-order valence-electron chi connectivity index (χ2n) is 13.1. The van der Waals surface area contributed by atoms with Gasteiger partial charge in [-0.05, 0) is 60.2 Å². The fourth-order valence-electron chi connectivity index (χ4n) is 5.82. The van der Waals surface area contributed by atoms with Crippen molar-refractivity contribution in [3.8, 4) is 0 Å². The average Bonchev–Trinajstić information content (AvgIpc) is 3.62. The molecule has 2 atom stereocenters. The fourth-order valence-corrected chi connectivity index (χ4v) is 6.76. The number of carbonyl (C=O) groups is 3. The van der Waals surface area contributed by atoms with Crippen LogP contribution in [0.3, 0.4) is 0 Å².